The SMILES string of the molecule is CC(C)Cc1cc(S(=O)[O-])ccc1O. The number of aromatic hydroxyl groups is 1. The van der Waals surface area contributed by atoms with Crippen molar-refractivity contribution in [3.05, 3.63) is 23.8 Å². The molecule has 0 radical (unpaired) electrons. The molecule has 1 unspecified atom stereocenters. The van der Waals surface area contributed by atoms with E-state index < -0.39 is 11.1 Å². The second-order valence-electron chi connectivity index (χ2n) is 3.62. The monoisotopic (exact) mass is 213 g/mol. The number of hydrogen-bond donors (Lipinski definition) is 1. The van der Waals surface area contributed by atoms with Gasteiger partial charge in [-0.1, -0.05) is 13.8 Å². The van der Waals surface area contributed by atoms with Gasteiger partial charge < -0.3 is 9.66 Å². The summed E-state index contributed by atoms with van der Waals surface area (Å²) >= 11 is -2.22. The van der Waals surface area contributed by atoms with Gasteiger partial charge in [-0.05, 0) is 47.2 Å². The average Bonchev–Trinajstić information content (AvgIpc) is 2.07. The predicted molar refractivity (Wildman–Crippen MR) is 53.8 cm³/mol. The van der Waals surface area contributed by atoms with Crippen molar-refractivity contribution in [1.82, 2.24) is 0 Å². The average molecular weight is 213 g/mol. The van der Waals surface area contributed by atoms with Gasteiger partial charge in [0, 0.05) is 4.90 Å². The largest absolute Gasteiger partial charge is 0.768 e. The molecule has 14 heavy (non-hydrogen) atoms. The molecule has 0 aromatic heterocycles. The van der Waals surface area contributed by atoms with E-state index in [-0.39, 0.29) is 10.6 Å². The maximum absolute atomic E-state index is 10.7. The molecule has 0 aliphatic carbocycles. The Hall–Kier alpha value is -0.870. The number of rotatable bonds is 3. The molecular weight excluding hydrogens is 200 g/mol. The summed E-state index contributed by atoms with van der Waals surface area (Å²) in [5, 5.41) is 9.46. The van der Waals surface area contributed by atoms with Gasteiger partial charge in [-0.25, -0.2) is 0 Å². The molecule has 3 nitrogen and oxygen atoms in total. The molecule has 4 heteroatoms. The van der Waals surface area contributed by atoms with Gasteiger partial charge in [0.2, 0.25) is 0 Å². The standard InChI is InChI=1S/C10H14O3S/c1-7(2)5-8-6-9(14(12)13)3-4-10(8)11/h3-4,6-7,11H,5H2,1-2H3,(H,12,13)/p-1. The van der Waals surface area contributed by atoms with Gasteiger partial charge in [0.1, 0.15) is 5.75 Å². The lowest BCUT2D eigenvalue weighted by Crippen LogP contribution is -1.97. The highest BCUT2D eigenvalue weighted by Gasteiger charge is 2.05. The third-order valence-corrected chi connectivity index (χ3v) is 2.51. The number of benzene rings is 1. The first kappa shape index (κ1) is 11.2. The maximum atomic E-state index is 10.7. The highest BCUT2D eigenvalue weighted by Crippen LogP contribution is 2.22. The summed E-state index contributed by atoms with van der Waals surface area (Å²) in [6.07, 6.45) is 0.677. The van der Waals surface area contributed by atoms with Crippen LogP contribution in [0.4, 0.5) is 0 Å². The quantitative estimate of drug-likeness (QED) is 0.779. The first-order valence-corrected chi connectivity index (χ1v) is 5.49. The Morgan fingerprint density at radius 3 is 2.64 bits per heavy atom. The molecule has 0 heterocycles. The van der Waals surface area contributed by atoms with Gasteiger partial charge in [0.05, 0.1) is 0 Å². The Bertz CT molecular complexity index is 347. The van der Waals surface area contributed by atoms with Crippen molar-refractivity contribution in [2.75, 3.05) is 0 Å². The van der Waals surface area contributed by atoms with Crippen LogP contribution in [0.5, 0.6) is 5.75 Å². The van der Waals surface area contributed by atoms with Crippen molar-refractivity contribution < 1.29 is 13.9 Å². The molecule has 0 bridgehead atoms. The molecule has 78 valence electrons. The molecule has 0 spiro atoms. The van der Waals surface area contributed by atoms with E-state index in [1.54, 1.807) is 0 Å². The summed E-state index contributed by atoms with van der Waals surface area (Å²) in [5.74, 6) is 0.545. The Morgan fingerprint density at radius 1 is 1.50 bits per heavy atom. The van der Waals surface area contributed by atoms with E-state index in [2.05, 4.69) is 0 Å². The summed E-state index contributed by atoms with van der Waals surface area (Å²) in [4.78, 5) is 0.221. The Balaban J connectivity index is 3.02. The van der Waals surface area contributed by atoms with E-state index in [1.807, 2.05) is 13.8 Å². The van der Waals surface area contributed by atoms with Gasteiger partial charge in [-0.2, -0.15) is 0 Å². The fourth-order valence-corrected chi connectivity index (χ4v) is 1.69. The Labute approximate surface area is 86.1 Å². The van der Waals surface area contributed by atoms with Crippen molar-refractivity contribution in [2.45, 2.75) is 25.2 Å². The minimum atomic E-state index is -2.22. The molecule has 0 saturated carbocycles. The summed E-state index contributed by atoms with van der Waals surface area (Å²) in [6, 6.07) is 4.32. The van der Waals surface area contributed by atoms with E-state index in [4.69, 9.17) is 0 Å². The van der Waals surface area contributed by atoms with Crippen LogP contribution >= 0.6 is 0 Å². The first-order chi connectivity index (χ1) is 6.50. The van der Waals surface area contributed by atoms with Crippen molar-refractivity contribution in [2.24, 2.45) is 5.92 Å². The van der Waals surface area contributed by atoms with Crippen LogP contribution in [-0.4, -0.2) is 13.9 Å². The van der Waals surface area contributed by atoms with Crippen LogP contribution in [0.1, 0.15) is 19.4 Å². The molecule has 0 aliphatic heterocycles. The fourth-order valence-electron chi connectivity index (χ4n) is 1.27. The lowest BCUT2D eigenvalue weighted by molar-refractivity contribution is 0.461. The topological polar surface area (TPSA) is 60.4 Å². The van der Waals surface area contributed by atoms with Crippen molar-refractivity contribution in [1.29, 1.82) is 0 Å². The van der Waals surface area contributed by atoms with E-state index in [0.29, 0.717) is 17.9 Å². The van der Waals surface area contributed by atoms with Gasteiger partial charge in [-0.3, -0.25) is 4.21 Å². The highest BCUT2D eigenvalue weighted by atomic mass is 32.2. The molecule has 1 N–H and O–H groups in total. The minimum absolute atomic E-state index is 0.160. The van der Waals surface area contributed by atoms with Crippen LogP contribution in [-0.2, 0) is 17.5 Å². The molecule has 0 aliphatic rings. The number of phenols is 1. The maximum Gasteiger partial charge on any atom is 0.118 e. The highest BCUT2D eigenvalue weighted by molar-refractivity contribution is 7.79. The lowest BCUT2D eigenvalue weighted by Gasteiger charge is -2.11. The van der Waals surface area contributed by atoms with E-state index >= 15 is 0 Å². The van der Waals surface area contributed by atoms with Crippen LogP contribution in [0.3, 0.4) is 0 Å². The Kier molecular flexibility index (Phi) is 3.66. The van der Waals surface area contributed by atoms with Gasteiger partial charge in [0.15, 0.2) is 0 Å². The van der Waals surface area contributed by atoms with Crippen LogP contribution < -0.4 is 0 Å². The van der Waals surface area contributed by atoms with Crippen LogP contribution in [0.2, 0.25) is 0 Å². The van der Waals surface area contributed by atoms with E-state index in [9.17, 15) is 13.9 Å². The van der Waals surface area contributed by atoms with Crippen molar-refractivity contribution in [3.63, 3.8) is 0 Å². The first-order valence-electron chi connectivity index (χ1n) is 4.42. The predicted octanol–water partition coefficient (Wildman–Crippen LogP) is 1.83. The fraction of sp³-hybridized carbons (Fsp3) is 0.400. The van der Waals surface area contributed by atoms with Crippen LogP contribution in [0, 0.1) is 5.92 Å². The molecule has 1 rings (SSSR count). The number of hydrogen-bond acceptors (Lipinski definition) is 3. The Morgan fingerprint density at radius 2 is 2.14 bits per heavy atom. The smallest absolute Gasteiger partial charge is 0.118 e. The summed E-state index contributed by atoms with van der Waals surface area (Å²) in [5.41, 5.74) is 0.682. The second kappa shape index (κ2) is 4.57. The second-order valence-corrected chi connectivity index (χ2v) is 4.56. The van der Waals surface area contributed by atoms with Gasteiger partial charge in [0.25, 0.3) is 0 Å². The zero-order valence-corrected chi connectivity index (χ0v) is 9.00. The zero-order chi connectivity index (χ0) is 10.7. The van der Waals surface area contributed by atoms with E-state index in [0.717, 1.165) is 0 Å². The van der Waals surface area contributed by atoms with Crippen LogP contribution in [0.25, 0.3) is 0 Å². The summed E-state index contributed by atoms with van der Waals surface area (Å²) in [7, 11) is 0. The molecule has 0 amide bonds. The molecular formula is C10H13O3S-. The molecule has 1 atom stereocenters. The molecule has 1 aromatic rings. The molecule has 0 fully saturated rings. The van der Waals surface area contributed by atoms with Crippen molar-refractivity contribution >= 4 is 11.1 Å². The molecule has 0 saturated heterocycles. The lowest BCUT2D eigenvalue weighted by atomic mass is 10.0. The number of phenolic OH excluding ortho intramolecular Hbond substituents is 1. The normalized spacial score (nSPS) is 13.1. The third kappa shape index (κ3) is 2.82. The van der Waals surface area contributed by atoms with Crippen molar-refractivity contribution in [3.8, 4) is 5.75 Å². The van der Waals surface area contributed by atoms with Crippen LogP contribution in [0.15, 0.2) is 23.1 Å². The van der Waals surface area contributed by atoms with Gasteiger partial charge >= 0.3 is 0 Å². The third-order valence-electron chi connectivity index (χ3n) is 1.87. The van der Waals surface area contributed by atoms with E-state index in [1.165, 1.54) is 18.2 Å². The van der Waals surface area contributed by atoms with Gasteiger partial charge in [-0.15, -0.1) is 0 Å². The minimum Gasteiger partial charge on any atom is -0.768 e. The zero-order valence-electron chi connectivity index (χ0n) is 8.19. The summed E-state index contributed by atoms with van der Waals surface area (Å²) in [6.45, 7) is 4.03. The molecule has 1 aromatic carbocycles. The summed E-state index contributed by atoms with van der Waals surface area (Å²) < 4.78 is 21.3.